The number of carbonyl (C=O) groups is 1. The van der Waals surface area contributed by atoms with Crippen molar-refractivity contribution in [2.45, 2.75) is 27.3 Å². The minimum atomic E-state index is -0.136. The van der Waals surface area contributed by atoms with Gasteiger partial charge in [0, 0.05) is 50.3 Å². The zero-order chi connectivity index (χ0) is 18.9. The molecule has 0 aliphatic heterocycles. The van der Waals surface area contributed by atoms with Crippen molar-refractivity contribution in [2.75, 3.05) is 19.6 Å². The fraction of sp³-hybridized carbons (Fsp3) is 0.444. The zero-order valence-corrected chi connectivity index (χ0v) is 18.6. The smallest absolute Gasteiger partial charge is 0.252 e. The standard InChI is InChI=1S/C18H27N7O.HI/c1-5-20-18(23-12-16-13(2)24-25(4)14(16)3)22-10-9-21-17(26)15-7-6-8-19-11-15;/h6-8,11H,5,9-10,12H2,1-4H3,(H,21,26)(H2,20,22,23);1H. The lowest BCUT2D eigenvalue weighted by Crippen LogP contribution is -2.41. The minimum absolute atomic E-state index is 0. The molecule has 0 unspecified atom stereocenters. The van der Waals surface area contributed by atoms with Crippen LogP contribution in [0.15, 0.2) is 29.5 Å². The third kappa shape index (κ3) is 6.81. The molecule has 0 aromatic carbocycles. The number of hydrogen-bond donors (Lipinski definition) is 3. The highest BCUT2D eigenvalue weighted by molar-refractivity contribution is 14.0. The van der Waals surface area contributed by atoms with E-state index in [9.17, 15) is 4.79 Å². The molecular formula is C18H28IN7O. The van der Waals surface area contributed by atoms with Crippen LogP contribution in [0.5, 0.6) is 0 Å². The second-order valence-corrected chi connectivity index (χ2v) is 5.89. The van der Waals surface area contributed by atoms with E-state index in [1.165, 1.54) is 0 Å². The molecule has 8 nitrogen and oxygen atoms in total. The van der Waals surface area contributed by atoms with E-state index in [1.807, 2.05) is 32.5 Å². The maximum atomic E-state index is 12.0. The largest absolute Gasteiger partial charge is 0.357 e. The second kappa shape index (κ2) is 11.5. The molecule has 3 N–H and O–H groups in total. The third-order valence-corrected chi connectivity index (χ3v) is 4.03. The van der Waals surface area contributed by atoms with E-state index in [0.717, 1.165) is 23.5 Å². The van der Waals surface area contributed by atoms with Gasteiger partial charge in [-0.25, -0.2) is 4.99 Å². The number of nitrogens with zero attached hydrogens (tertiary/aromatic N) is 4. The van der Waals surface area contributed by atoms with Crippen LogP contribution in [0.4, 0.5) is 0 Å². The highest BCUT2D eigenvalue weighted by Gasteiger charge is 2.09. The molecule has 2 rings (SSSR count). The summed E-state index contributed by atoms with van der Waals surface area (Å²) in [5.74, 6) is 0.578. The summed E-state index contributed by atoms with van der Waals surface area (Å²) in [7, 11) is 1.93. The molecule has 0 spiro atoms. The number of guanidine groups is 1. The van der Waals surface area contributed by atoms with E-state index in [2.05, 4.69) is 31.0 Å². The summed E-state index contributed by atoms with van der Waals surface area (Å²) in [5, 5.41) is 13.7. The molecule has 148 valence electrons. The quantitative estimate of drug-likeness (QED) is 0.239. The summed E-state index contributed by atoms with van der Waals surface area (Å²) >= 11 is 0. The number of nitrogens with one attached hydrogen (secondary N) is 3. The molecule has 2 aromatic heterocycles. The monoisotopic (exact) mass is 485 g/mol. The van der Waals surface area contributed by atoms with Crippen LogP contribution in [0.25, 0.3) is 0 Å². The Kier molecular flexibility index (Phi) is 9.76. The van der Waals surface area contributed by atoms with Crippen LogP contribution in [-0.2, 0) is 13.6 Å². The first-order valence-electron chi connectivity index (χ1n) is 8.72. The van der Waals surface area contributed by atoms with Gasteiger partial charge in [0.25, 0.3) is 5.91 Å². The van der Waals surface area contributed by atoms with Crippen molar-refractivity contribution in [1.82, 2.24) is 30.7 Å². The molecule has 2 aromatic rings. The van der Waals surface area contributed by atoms with Gasteiger partial charge in [0.1, 0.15) is 0 Å². The number of carbonyl (C=O) groups excluding carboxylic acids is 1. The normalized spacial score (nSPS) is 10.9. The number of rotatable bonds is 7. The predicted octanol–water partition coefficient (Wildman–Crippen LogP) is 1.54. The Bertz CT molecular complexity index is 759. The van der Waals surface area contributed by atoms with Gasteiger partial charge in [0.15, 0.2) is 5.96 Å². The van der Waals surface area contributed by atoms with E-state index in [1.54, 1.807) is 24.5 Å². The highest BCUT2D eigenvalue weighted by atomic mass is 127. The predicted molar refractivity (Wildman–Crippen MR) is 117 cm³/mol. The van der Waals surface area contributed by atoms with Gasteiger partial charge in [-0.2, -0.15) is 5.10 Å². The average molecular weight is 485 g/mol. The molecule has 9 heteroatoms. The lowest BCUT2D eigenvalue weighted by Gasteiger charge is -2.12. The van der Waals surface area contributed by atoms with Crippen LogP contribution < -0.4 is 16.0 Å². The number of hydrogen-bond acceptors (Lipinski definition) is 4. The van der Waals surface area contributed by atoms with Crippen LogP contribution in [-0.4, -0.2) is 46.3 Å². The molecule has 1 amide bonds. The Morgan fingerprint density at radius 3 is 2.56 bits per heavy atom. The molecule has 0 aliphatic rings. The van der Waals surface area contributed by atoms with Gasteiger partial charge in [-0.15, -0.1) is 24.0 Å². The summed E-state index contributed by atoms with van der Waals surface area (Å²) in [6.07, 6.45) is 3.19. The molecule has 0 radical (unpaired) electrons. The van der Waals surface area contributed by atoms with Crippen LogP contribution in [0.1, 0.15) is 34.2 Å². The van der Waals surface area contributed by atoms with E-state index in [4.69, 9.17) is 0 Å². The Labute approximate surface area is 177 Å². The molecule has 0 bridgehead atoms. The van der Waals surface area contributed by atoms with Crippen molar-refractivity contribution < 1.29 is 4.79 Å². The van der Waals surface area contributed by atoms with Crippen LogP contribution >= 0.6 is 24.0 Å². The molecule has 0 atom stereocenters. The summed E-state index contributed by atoms with van der Waals surface area (Å²) in [6, 6.07) is 3.48. The molecule has 0 fully saturated rings. The molecule has 27 heavy (non-hydrogen) atoms. The number of aromatic nitrogens is 3. The minimum Gasteiger partial charge on any atom is -0.357 e. The van der Waals surface area contributed by atoms with Gasteiger partial charge in [-0.05, 0) is 32.9 Å². The summed E-state index contributed by atoms with van der Waals surface area (Å²) in [4.78, 5) is 20.5. The van der Waals surface area contributed by atoms with E-state index in [0.29, 0.717) is 31.2 Å². The topological polar surface area (TPSA) is 96.2 Å². The van der Waals surface area contributed by atoms with Crippen molar-refractivity contribution in [1.29, 1.82) is 0 Å². The number of pyridine rings is 1. The van der Waals surface area contributed by atoms with Gasteiger partial charge >= 0.3 is 0 Å². The van der Waals surface area contributed by atoms with Crippen LogP contribution in [0.3, 0.4) is 0 Å². The lowest BCUT2D eigenvalue weighted by atomic mass is 10.2. The van der Waals surface area contributed by atoms with Gasteiger partial charge < -0.3 is 16.0 Å². The molecule has 2 heterocycles. The van der Waals surface area contributed by atoms with Gasteiger partial charge in [0.2, 0.25) is 0 Å². The first-order chi connectivity index (χ1) is 12.5. The number of aliphatic imine (C=N–C) groups is 1. The van der Waals surface area contributed by atoms with E-state index >= 15 is 0 Å². The maximum absolute atomic E-state index is 12.0. The Morgan fingerprint density at radius 1 is 1.22 bits per heavy atom. The summed E-state index contributed by atoms with van der Waals surface area (Å²) in [6.45, 7) is 8.43. The van der Waals surface area contributed by atoms with Crippen LogP contribution in [0.2, 0.25) is 0 Å². The fourth-order valence-electron chi connectivity index (χ4n) is 2.50. The average Bonchev–Trinajstić information content (AvgIpc) is 2.89. The van der Waals surface area contributed by atoms with Gasteiger partial charge in [-0.3, -0.25) is 14.5 Å². The SMILES string of the molecule is CCNC(=NCc1c(C)nn(C)c1C)NCCNC(=O)c1cccnc1.I. The van der Waals surface area contributed by atoms with Crippen molar-refractivity contribution in [2.24, 2.45) is 12.0 Å². The maximum Gasteiger partial charge on any atom is 0.252 e. The first kappa shape index (κ1) is 22.9. The van der Waals surface area contributed by atoms with Crippen molar-refractivity contribution in [3.8, 4) is 0 Å². The van der Waals surface area contributed by atoms with Crippen molar-refractivity contribution in [3.05, 3.63) is 47.0 Å². The summed E-state index contributed by atoms with van der Waals surface area (Å²) in [5.41, 5.74) is 3.80. The van der Waals surface area contributed by atoms with E-state index < -0.39 is 0 Å². The van der Waals surface area contributed by atoms with Gasteiger partial charge in [0.05, 0.1) is 17.8 Å². The summed E-state index contributed by atoms with van der Waals surface area (Å²) < 4.78 is 1.87. The zero-order valence-electron chi connectivity index (χ0n) is 16.2. The van der Waals surface area contributed by atoms with Crippen molar-refractivity contribution in [3.63, 3.8) is 0 Å². The molecular weight excluding hydrogens is 457 g/mol. The third-order valence-electron chi connectivity index (χ3n) is 4.03. The molecule has 0 saturated heterocycles. The fourth-order valence-corrected chi connectivity index (χ4v) is 2.50. The van der Waals surface area contributed by atoms with Crippen LogP contribution in [0, 0.1) is 13.8 Å². The first-order valence-corrected chi connectivity index (χ1v) is 8.72. The Balaban J connectivity index is 0.00000364. The Hall–Kier alpha value is -2.17. The lowest BCUT2D eigenvalue weighted by molar-refractivity contribution is 0.0954. The number of halogens is 1. The van der Waals surface area contributed by atoms with Crippen molar-refractivity contribution >= 4 is 35.8 Å². The van der Waals surface area contributed by atoms with Gasteiger partial charge in [-0.1, -0.05) is 0 Å². The molecule has 0 aliphatic carbocycles. The Morgan fingerprint density at radius 2 is 1.96 bits per heavy atom. The number of aryl methyl sites for hydroxylation is 2. The molecule has 0 saturated carbocycles. The highest BCUT2D eigenvalue weighted by Crippen LogP contribution is 2.12. The second-order valence-electron chi connectivity index (χ2n) is 5.89. The van der Waals surface area contributed by atoms with E-state index in [-0.39, 0.29) is 29.9 Å². The number of amides is 1.